The molecule has 132 valence electrons. The van der Waals surface area contributed by atoms with Crippen LogP contribution in [-0.2, 0) is 5.41 Å². The second-order valence-corrected chi connectivity index (χ2v) is 9.10. The molecule has 0 aromatic heterocycles. The summed E-state index contributed by atoms with van der Waals surface area (Å²) in [6.07, 6.45) is 8.29. The fraction of sp³-hybridized carbons (Fsp3) is 0.714. The van der Waals surface area contributed by atoms with E-state index in [0.29, 0.717) is 18.6 Å². The highest BCUT2D eigenvalue weighted by atomic mass is 16.5. The molecule has 1 aromatic rings. The van der Waals surface area contributed by atoms with Crippen molar-refractivity contribution in [1.29, 1.82) is 0 Å². The van der Waals surface area contributed by atoms with Crippen molar-refractivity contribution in [3.63, 3.8) is 0 Å². The fourth-order valence-electron chi connectivity index (χ4n) is 6.09. The predicted molar refractivity (Wildman–Crippen MR) is 95.5 cm³/mol. The summed E-state index contributed by atoms with van der Waals surface area (Å²) in [7, 11) is 4.09. The van der Waals surface area contributed by atoms with Gasteiger partial charge >= 0.3 is 0 Å². The van der Waals surface area contributed by atoms with Crippen molar-refractivity contribution in [3.05, 3.63) is 29.8 Å². The van der Waals surface area contributed by atoms with E-state index in [1.165, 1.54) is 49.0 Å². The molecule has 4 fully saturated rings. The van der Waals surface area contributed by atoms with E-state index < -0.39 is 6.10 Å². The largest absolute Gasteiger partial charge is 0.491 e. The first-order valence-electron chi connectivity index (χ1n) is 9.73. The summed E-state index contributed by atoms with van der Waals surface area (Å²) in [6.45, 7) is 1.09. The van der Waals surface area contributed by atoms with Crippen LogP contribution >= 0.6 is 0 Å². The number of nitrogens with one attached hydrogen (secondary N) is 1. The lowest BCUT2D eigenvalue weighted by atomic mass is 9.48. The van der Waals surface area contributed by atoms with Crippen LogP contribution in [0, 0.1) is 17.8 Å². The highest BCUT2D eigenvalue weighted by Crippen LogP contribution is 2.60. The molecule has 2 N–H and O–H groups in total. The molecule has 3 nitrogen and oxygen atoms in total. The molecule has 24 heavy (non-hydrogen) atoms. The molecule has 4 aliphatic rings. The number of rotatable bonds is 6. The summed E-state index contributed by atoms with van der Waals surface area (Å²) in [6, 6.07) is 8.82. The normalized spacial score (nSPS) is 35.4. The second-order valence-electron chi connectivity index (χ2n) is 9.10. The van der Waals surface area contributed by atoms with Gasteiger partial charge in [-0.05, 0) is 79.4 Å². The Bertz CT molecular complexity index is 530. The molecule has 5 rings (SSSR count). The van der Waals surface area contributed by atoms with Crippen LogP contribution < -0.4 is 9.64 Å². The number of hydrogen-bond donors (Lipinski definition) is 2. The third-order valence-corrected chi connectivity index (χ3v) is 6.59. The Hall–Kier alpha value is -1.06. The average Bonchev–Trinajstić information content (AvgIpc) is 2.51. The number of benzene rings is 1. The first kappa shape index (κ1) is 16.4. The standard InChI is InChI=1S/C21H31NO2/c1-22(2)13-19(23)14-24-20-5-3-18(4-6-20)21-10-15-7-16(11-21)9-17(8-15)12-21/h3-6,15-17,19,23H,7-14H2,1-2H3/p+1/t15?,16?,17?,19-,21?/m1/s1. The van der Waals surface area contributed by atoms with Crippen LogP contribution in [0.15, 0.2) is 24.3 Å². The SMILES string of the molecule is C[NH+](C)C[C@@H](O)COc1ccc(C23CC4CC(CC(C4)C2)C3)cc1. The van der Waals surface area contributed by atoms with Gasteiger partial charge in [0.2, 0.25) is 0 Å². The Kier molecular flexibility index (Phi) is 4.34. The topological polar surface area (TPSA) is 33.9 Å². The molecule has 3 heteroatoms. The summed E-state index contributed by atoms with van der Waals surface area (Å²) in [5, 5.41) is 9.94. The van der Waals surface area contributed by atoms with E-state index in [1.54, 1.807) is 0 Å². The van der Waals surface area contributed by atoms with Gasteiger partial charge < -0.3 is 14.7 Å². The first-order valence-corrected chi connectivity index (χ1v) is 9.73. The molecule has 0 aliphatic heterocycles. The zero-order valence-corrected chi connectivity index (χ0v) is 15.1. The van der Waals surface area contributed by atoms with Crippen molar-refractivity contribution >= 4 is 0 Å². The maximum absolute atomic E-state index is 9.94. The van der Waals surface area contributed by atoms with E-state index in [2.05, 4.69) is 24.3 Å². The molecule has 4 bridgehead atoms. The quantitative estimate of drug-likeness (QED) is 0.837. The Morgan fingerprint density at radius 3 is 2.08 bits per heavy atom. The second kappa shape index (κ2) is 6.34. The molecule has 4 saturated carbocycles. The van der Waals surface area contributed by atoms with Crippen molar-refractivity contribution in [1.82, 2.24) is 0 Å². The van der Waals surface area contributed by atoms with Gasteiger partial charge in [-0.15, -0.1) is 0 Å². The lowest BCUT2D eigenvalue weighted by Gasteiger charge is -2.57. The molecule has 0 spiro atoms. The molecule has 0 unspecified atom stereocenters. The van der Waals surface area contributed by atoms with E-state index >= 15 is 0 Å². The minimum atomic E-state index is -0.405. The minimum absolute atomic E-state index is 0.377. The summed E-state index contributed by atoms with van der Waals surface area (Å²) in [5.74, 6) is 3.83. The fourth-order valence-corrected chi connectivity index (χ4v) is 6.09. The molecular weight excluding hydrogens is 298 g/mol. The van der Waals surface area contributed by atoms with Crippen LogP contribution in [0.5, 0.6) is 5.75 Å². The number of hydrogen-bond acceptors (Lipinski definition) is 2. The minimum Gasteiger partial charge on any atom is -0.491 e. The third kappa shape index (κ3) is 3.21. The van der Waals surface area contributed by atoms with Crippen LogP contribution in [0.2, 0.25) is 0 Å². The average molecular weight is 330 g/mol. The molecule has 0 saturated heterocycles. The van der Waals surface area contributed by atoms with Gasteiger partial charge in [-0.25, -0.2) is 0 Å². The van der Waals surface area contributed by atoms with E-state index in [4.69, 9.17) is 4.74 Å². The zero-order chi connectivity index (χ0) is 16.7. The molecule has 1 aromatic carbocycles. The van der Waals surface area contributed by atoms with Gasteiger partial charge in [-0.1, -0.05) is 12.1 Å². The Morgan fingerprint density at radius 2 is 1.58 bits per heavy atom. The smallest absolute Gasteiger partial charge is 0.137 e. The van der Waals surface area contributed by atoms with Crippen LogP contribution in [0.3, 0.4) is 0 Å². The van der Waals surface area contributed by atoms with E-state index in [9.17, 15) is 5.11 Å². The summed E-state index contributed by atoms with van der Waals surface area (Å²) in [4.78, 5) is 1.24. The molecular formula is C21H32NO2+. The predicted octanol–water partition coefficient (Wildman–Crippen LogP) is 2.04. The maximum Gasteiger partial charge on any atom is 0.137 e. The van der Waals surface area contributed by atoms with Gasteiger partial charge in [0.15, 0.2) is 0 Å². The Labute approximate surface area is 146 Å². The van der Waals surface area contributed by atoms with Crippen LogP contribution in [0.4, 0.5) is 0 Å². The van der Waals surface area contributed by atoms with Crippen LogP contribution in [0.1, 0.15) is 44.1 Å². The Balaban J connectivity index is 1.41. The van der Waals surface area contributed by atoms with Gasteiger partial charge in [-0.2, -0.15) is 0 Å². The first-order chi connectivity index (χ1) is 11.5. The van der Waals surface area contributed by atoms with Gasteiger partial charge in [0.05, 0.1) is 14.1 Å². The van der Waals surface area contributed by atoms with Gasteiger partial charge in [0, 0.05) is 0 Å². The molecule has 0 amide bonds. The lowest BCUT2D eigenvalue weighted by Crippen LogP contribution is -3.07. The van der Waals surface area contributed by atoms with Crippen LogP contribution in [0.25, 0.3) is 0 Å². The number of ether oxygens (including phenoxy) is 1. The lowest BCUT2D eigenvalue weighted by molar-refractivity contribution is -0.861. The van der Waals surface area contributed by atoms with Crippen molar-refractivity contribution in [2.24, 2.45) is 17.8 Å². The van der Waals surface area contributed by atoms with Crippen molar-refractivity contribution in [3.8, 4) is 5.75 Å². The van der Waals surface area contributed by atoms with E-state index in [1.807, 2.05) is 14.1 Å². The molecule has 0 heterocycles. The molecule has 4 aliphatic carbocycles. The highest BCUT2D eigenvalue weighted by Gasteiger charge is 2.51. The number of aliphatic hydroxyl groups is 1. The summed E-state index contributed by atoms with van der Waals surface area (Å²) < 4.78 is 5.78. The molecule has 0 radical (unpaired) electrons. The van der Waals surface area contributed by atoms with Gasteiger partial charge in [0.25, 0.3) is 0 Å². The number of quaternary nitrogens is 1. The van der Waals surface area contributed by atoms with E-state index in [0.717, 1.165) is 23.5 Å². The van der Waals surface area contributed by atoms with Crippen molar-refractivity contribution in [2.45, 2.75) is 50.0 Å². The summed E-state index contributed by atoms with van der Waals surface area (Å²) in [5.41, 5.74) is 1.99. The summed E-state index contributed by atoms with van der Waals surface area (Å²) >= 11 is 0. The van der Waals surface area contributed by atoms with Gasteiger partial charge in [-0.3, -0.25) is 0 Å². The van der Waals surface area contributed by atoms with E-state index in [-0.39, 0.29) is 0 Å². The maximum atomic E-state index is 9.94. The monoisotopic (exact) mass is 330 g/mol. The van der Waals surface area contributed by atoms with Crippen molar-refractivity contribution in [2.75, 3.05) is 27.2 Å². The highest BCUT2D eigenvalue weighted by molar-refractivity contribution is 5.34. The number of aliphatic hydroxyl groups excluding tert-OH is 1. The Morgan fingerprint density at radius 1 is 1.04 bits per heavy atom. The number of likely N-dealkylation sites (N-methyl/N-ethyl adjacent to an activating group) is 1. The zero-order valence-electron chi connectivity index (χ0n) is 15.1. The van der Waals surface area contributed by atoms with Crippen LogP contribution in [-0.4, -0.2) is 38.5 Å². The van der Waals surface area contributed by atoms with Gasteiger partial charge in [0.1, 0.15) is 25.0 Å². The molecule has 1 atom stereocenters. The van der Waals surface area contributed by atoms with Crippen molar-refractivity contribution < 1.29 is 14.7 Å². The third-order valence-electron chi connectivity index (χ3n) is 6.59.